The lowest BCUT2D eigenvalue weighted by atomic mass is 9.82. The van der Waals surface area contributed by atoms with Gasteiger partial charge in [-0.2, -0.15) is 5.01 Å². The van der Waals surface area contributed by atoms with E-state index in [1.165, 1.54) is 23.1 Å². The Hall–Kier alpha value is -2.66. The fourth-order valence-corrected chi connectivity index (χ4v) is 5.20. The SMILES string of the molecule is Cc1ccccc1Nc1nnc(SCC(=O)NN2C(=O)NC3(CCCCC3)C2=O)s1. The molecule has 0 atom stereocenters. The molecule has 2 aliphatic rings. The van der Waals surface area contributed by atoms with Crippen molar-refractivity contribution < 1.29 is 14.4 Å². The number of urea groups is 1. The van der Waals surface area contributed by atoms with Gasteiger partial charge < -0.3 is 10.6 Å². The maximum absolute atomic E-state index is 12.7. The number of hydrogen-bond donors (Lipinski definition) is 3. The van der Waals surface area contributed by atoms with Crippen LogP contribution in [0.1, 0.15) is 37.7 Å². The number of aromatic nitrogens is 2. The molecular formula is C19H22N6O3S2. The zero-order valence-corrected chi connectivity index (χ0v) is 18.1. The normalized spacial score (nSPS) is 17.8. The molecule has 1 saturated carbocycles. The molecule has 1 spiro atoms. The maximum Gasteiger partial charge on any atom is 0.344 e. The smallest absolute Gasteiger partial charge is 0.330 e. The molecule has 11 heteroatoms. The highest BCUT2D eigenvalue weighted by Crippen LogP contribution is 2.33. The second-order valence-corrected chi connectivity index (χ2v) is 9.55. The predicted octanol–water partition coefficient (Wildman–Crippen LogP) is 2.97. The number of nitrogens with zero attached hydrogens (tertiary/aromatic N) is 3. The highest BCUT2D eigenvalue weighted by Gasteiger charge is 2.52. The van der Waals surface area contributed by atoms with Crippen LogP contribution in [0.3, 0.4) is 0 Å². The van der Waals surface area contributed by atoms with Crippen molar-refractivity contribution in [3.05, 3.63) is 29.8 Å². The number of nitrogens with one attached hydrogen (secondary N) is 3. The van der Waals surface area contributed by atoms with Gasteiger partial charge in [0, 0.05) is 5.69 Å². The van der Waals surface area contributed by atoms with Crippen LogP contribution < -0.4 is 16.1 Å². The van der Waals surface area contributed by atoms with Crippen LogP contribution in [0, 0.1) is 6.92 Å². The molecule has 9 nitrogen and oxygen atoms in total. The monoisotopic (exact) mass is 446 g/mol. The number of carbonyl (C=O) groups is 3. The van der Waals surface area contributed by atoms with E-state index in [1.54, 1.807) is 0 Å². The number of benzene rings is 1. The van der Waals surface area contributed by atoms with E-state index in [0.29, 0.717) is 22.3 Å². The van der Waals surface area contributed by atoms with Crippen LogP contribution in [0.15, 0.2) is 28.6 Å². The van der Waals surface area contributed by atoms with Crippen molar-refractivity contribution in [3.63, 3.8) is 0 Å². The number of hydrazine groups is 1. The van der Waals surface area contributed by atoms with Gasteiger partial charge in [0.05, 0.1) is 5.75 Å². The van der Waals surface area contributed by atoms with Crippen molar-refractivity contribution in [2.75, 3.05) is 11.1 Å². The summed E-state index contributed by atoms with van der Waals surface area (Å²) in [6, 6.07) is 7.28. The average Bonchev–Trinajstić information content (AvgIpc) is 3.27. The quantitative estimate of drug-likeness (QED) is 0.461. The Morgan fingerprint density at radius 3 is 2.77 bits per heavy atom. The van der Waals surface area contributed by atoms with Crippen LogP contribution in [-0.2, 0) is 9.59 Å². The third-order valence-electron chi connectivity index (χ3n) is 5.23. The molecule has 4 rings (SSSR count). The van der Waals surface area contributed by atoms with Gasteiger partial charge in [-0.25, -0.2) is 4.79 Å². The summed E-state index contributed by atoms with van der Waals surface area (Å²) in [7, 11) is 0. The molecule has 2 heterocycles. The van der Waals surface area contributed by atoms with E-state index in [0.717, 1.165) is 35.5 Å². The minimum absolute atomic E-state index is 0.0169. The first-order chi connectivity index (χ1) is 14.5. The number of thioether (sulfide) groups is 1. The third kappa shape index (κ3) is 4.26. The first kappa shape index (κ1) is 20.6. The minimum atomic E-state index is -0.856. The fourth-order valence-electron chi connectivity index (χ4n) is 3.65. The zero-order valence-electron chi connectivity index (χ0n) is 16.4. The summed E-state index contributed by atoms with van der Waals surface area (Å²) in [5, 5.41) is 15.6. The summed E-state index contributed by atoms with van der Waals surface area (Å²) in [6.45, 7) is 2.00. The van der Waals surface area contributed by atoms with E-state index in [1.807, 2.05) is 31.2 Å². The molecule has 1 aliphatic carbocycles. The molecule has 1 aromatic carbocycles. The summed E-state index contributed by atoms with van der Waals surface area (Å²) in [4.78, 5) is 37.2. The number of para-hydroxylation sites is 1. The van der Waals surface area contributed by atoms with Gasteiger partial charge in [0.2, 0.25) is 11.0 Å². The average molecular weight is 447 g/mol. The lowest BCUT2D eigenvalue weighted by molar-refractivity contribution is -0.139. The Bertz CT molecular complexity index is 973. The van der Waals surface area contributed by atoms with Gasteiger partial charge >= 0.3 is 6.03 Å². The molecule has 2 aromatic rings. The van der Waals surface area contributed by atoms with Crippen LogP contribution in [0.5, 0.6) is 0 Å². The van der Waals surface area contributed by atoms with Crippen molar-refractivity contribution in [3.8, 4) is 0 Å². The van der Waals surface area contributed by atoms with E-state index in [-0.39, 0.29) is 11.7 Å². The molecule has 0 radical (unpaired) electrons. The Morgan fingerprint density at radius 1 is 1.23 bits per heavy atom. The third-order valence-corrected chi connectivity index (χ3v) is 7.20. The lowest BCUT2D eigenvalue weighted by Crippen LogP contribution is -2.51. The predicted molar refractivity (Wildman–Crippen MR) is 114 cm³/mol. The zero-order chi connectivity index (χ0) is 21.1. The topological polar surface area (TPSA) is 116 Å². The molecule has 3 N–H and O–H groups in total. The molecule has 1 aliphatic heterocycles. The fraction of sp³-hybridized carbons (Fsp3) is 0.421. The van der Waals surface area contributed by atoms with Crippen LogP contribution in [-0.4, -0.2) is 44.3 Å². The maximum atomic E-state index is 12.7. The summed E-state index contributed by atoms with van der Waals surface area (Å²) in [5.74, 6) is -0.797. The number of hydrogen-bond acceptors (Lipinski definition) is 8. The number of amides is 4. The number of anilines is 2. The van der Waals surface area contributed by atoms with Crippen LogP contribution in [0.25, 0.3) is 0 Å². The minimum Gasteiger partial charge on any atom is -0.330 e. The van der Waals surface area contributed by atoms with Gasteiger partial charge in [0.1, 0.15) is 5.54 Å². The van der Waals surface area contributed by atoms with Gasteiger partial charge in [-0.3, -0.25) is 15.0 Å². The molecule has 2 fully saturated rings. The first-order valence-electron chi connectivity index (χ1n) is 9.72. The Balaban J connectivity index is 1.30. The Morgan fingerprint density at radius 2 is 2.00 bits per heavy atom. The summed E-state index contributed by atoms with van der Waals surface area (Å²) >= 11 is 2.53. The van der Waals surface area contributed by atoms with Crippen LogP contribution >= 0.6 is 23.1 Å². The van der Waals surface area contributed by atoms with E-state index >= 15 is 0 Å². The Kier molecular flexibility index (Phi) is 5.91. The highest BCUT2D eigenvalue weighted by molar-refractivity contribution is 8.01. The number of carbonyl (C=O) groups excluding carboxylic acids is 3. The summed E-state index contributed by atoms with van der Waals surface area (Å²) in [6.07, 6.45) is 4.05. The Labute approximate surface area is 182 Å². The van der Waals surface area contributed by atoms with Crippen LogP contribution in [0.2, 0.25) is 0 Å². The molecule has 0 unspecified atom stereocenters. The highest BCUT2D eigenvalue weighted by atomic mass is 32.2. The van der Waals surface area contributed by atoms with Crippen molar-refractivity contribution in [2.45, 2.75) is 48.9 Å². The van der Waals surface area contributed by atoms with Gasteiger partial charge in [0.25, 0.3) is 5.91 Å². The van der Waals surface area contributed by atoms with Gasteiger partial charge in [0.15, 0.2) is 4.34 Å². The van der Waals surface area contributed by atoms with Gasteiger partial charge in [-0.15, -0.1) is 10.2 Å². The van der Waals surface area contributed by atoms with Crippen molar-refractivity contribution >= 4 is 51.8 Å². The second kappa shape index (κ2) is 8.60. The second-order valence-electron chi connectivity index (χ2n) is 7.35. The molecule has 158 valence electrons. The van der Waals surface area contributed by atoms with Gasteiger partial charge in [-0.1, -0.05) is 60.6 Å². The summed E-state index contributed by atoms with van der Waals surface area (Å²) < 4.78 is 0.613. The number of rotatable bonds is 6. The standard InChI is InChI=1S/C19H22N6O3S2/c1-12-7-3-4-8-13(12)20-16-22-23-18(30-16)29-11-14(26)24-25-15(27)19(21-17(25)28)9-5-2-6-10-19/h3-4,7-8H,2,5-6,9-11H2,1H3,(H,20,22)(H,21,28)(H,24,26). The van der Waals surface area contributed by atoms with E-state index < -0.39 is 17.5 Å². The molecular weight excluding hydrogens is 424 g/mol. The van der Waals surface area contributed by atoms with Crippen molar-refractivity contribution in [1.82, 2.24) is 25.9 Å². The summed E-state index contributed by atoms with van der Waals surface area (Å²) in [5.41, 5.74) is 3.60. The van der Waals surface area contributed by atoms with Crippen LogP contribution in [0.4, 0.5) is 15.6 Å². The van der Waals surface area contributed by atoms with E-state index in [2.05, 4.69) is 26.3 Å². The molecule has 1 saturated heterocycles. The number of imide groups is 1. The number of aryl methyl sites for hydroxylation is 1. The molecule has 30 heavy (non-hydrogen) atoms. The van der Waals surface area contributed by atoms with E-state index in [9.17, 15) is 14.4 Å². The van der Waals surface area contributed by atoms with Crippen molar-refractivity contribution in [2.24, 2.45) is 0 Å². The largest absolute Gasteiger partial charge is 0.344 e. The molecule has 4 amide bonds. The lowest BCUT2D eigenvalue weighted by Gasteiger charge is -2.30. The molecule has 1 aromatic heterocycles. The first-order valence-corrected chi connectivity index (χ1v) is 11.5. The van der Waals surface area contributed by atoms with Gasteiger partial charge in [-0.05, 0) is 31.4 Å². The molecule has 0 bridgehead atoms. The van der Waals surface area contributed by atoms with Crippen molar-refractivity contribution in [1.29, 1.82) is 0 Å². The van der Waals surface area contributed by atoms with E-state index in [4.69, 9.17) is 0 Å².